The predicted octanol–water partition coefficient (Wildman–Crippen LogP) is 3.49. The van der Waals surface area contributed by atoms with Gasteiger partial charge in [0.25, 0.3) is 0 Å². The Labute approximate surface area is 142 Å². The minimum absolute atomic E-state index is 0.0113. The minimum atomic E-state index is -0.0113. The van der Waals surface area contributed by atoms with Gasteiger partial charge in [-0.05, 0) is 31.9 Å². The number of amides is 1. The normalized spacial score (nSPS) is 11.1. The SMILES string of the molecule is CCN(CCc1ccccc1)C(=O)/C=C/c1c(C)nn(C)c1Cl. The van der Waals surface area contributed by atoms with Crippen molar-refractivity contribution in [2.24, 2.45) is 7.05 Å². The second-order valence-corrected chi connectivity index (χ2v) is 5.76. The Morgan fingerprint density at radius 1 is 1.35 bits per heavy atom. The fraction of sp³-hybridized carbons (Fsp3) is 0.333. The highest BCUT2D eigenvalue weighted by molar-refractivity contribution is 6.31. The number of aromatic nitrogens is 2. The van der Waals surface area contributed by atoms with Crippen LogP contribution in [0.15, 0.2) is 36.4 Å². The summed E-state index contributed by atoms with van der Waals surface area (Å²) in [5, 5.41) is 4.78. The molecule has 4 nitrogen and oxygen atoms in total. The molecule has 2 rings (SSSR count). The Kier molecular flexibility index (Phi) is 5.99. The second kappa shape index (κ2) is 7.97. The molecule has 1 aromatic carbocycles. The third-order valence-corrected chi connectivity index (χ3v) is 4.24. The van der Waals surface area contributed by atoms with Gasteiger partial charge in [-0.3, -0.25) is 9.48 Å². The topological polar surface area (TPSA) is 38.1 Å². The summed E-state index contributed by atoms with van der Waals surface area (Å²) in [5.74, 6) is -0.0113. The van der Waals surface area contributed by atoms with Gasteiger partial charge < -0.3 is 4.90 Å². The number of halogens is 1. The van der Waals surface area contributed by atoms with Crippen LogP contribution in [0.3, 0.4) is 0 Å². The fourth-order valence-corrected chi connectivity index (χ4v) is 2.67. The molecule has 1 aromatic heterocycles. The Hall–Kier alpha value is -2.07. The van der Waals surface area contributed by atoms with Crippen LogP contribution in [0, 0.1) is 6.92 Å². The van der Waals surface area contributed by atoms with Crippen LogP contribution >= 0.6 is 11.6 Å². The number of carbonyl (C=O) groups excluding carboxylic acids is 1. The third-order valence-electron chi connectivity index (χ3n) is 3.80. The lowest BCUT2D eigenvalue weighted by Crippen LogP contribution is -2.31. The summed E-state index contributed by atoms with van der Waals surface area (Å²) in [6.07, 6.45) is 4.17. The Morgan fingerprint density at radius 2 is 2.04 bits per heavy atom. The number of aryl methyl sites for hydroxylation is 2. The molecule has 0 aliphatic heterocycles. The molecule has 0 aliphatic rings. The minimum Gasteiger partial charge on any atom is -0.339 e. The molecule has 0 saturated carbocycles. The monoisotopic (exact) mass is 331 g/mol. The molecule has 5 heteroatoms. The zero-order valence-electron chi connectivity index (χ0n) is 13.8. The number of hydrogen-bond acceptors (Lipinski definition) is 2. The van der Waals surface area contributed by atoms with Crippen molar-refractivity contribution in [3.05, 3.63) is 58.4 Å². The van der Waals surface area contributed by atoms with Crippen LogP contribution in [-0.2, 0) is 18.3 Å². The zero-order valence-corrected chi connectivity index (χ0v) is 14.5. The van der Waals surface area contributed by atoms with Crippen molar-refractivity contribution < 1.29 is 4.79 Å². The quantitative estimate of drug-likeness (QED) is 0.760. The van der Waals surface area contributed by atoms with Gasteiger partial charge >= 0.3 is 0 Å². The lowest BCUT2D eigenvalue weighted by atomic mass is 10.1. The van der Waals surface area contributed by atoms with Crippen LogP contribution < -0.4 is 0 Å². The first-order chi connectivity index (χ1) is 11.0. The highest BCUT2D eigenvalue weighted by Gasteiger charge is 2.11. The number of nitrogens with zero attached hydrogens (tertiary/aromatic N) is 3. The molecule has 0 bridgehead atoms. The molecule has 0 N–H and O–H groups in total. The van der Waals surface area contributed by atoms with Gasteiger partial charge in [0.1, 0.15) is 5.15 Å². The molecule has 1 heterocycles. The Morgan fingerprint density at radius 3 is 2.61 bits per heavy atom. The van der Waals surface area contributed by atoms with E-state index in [0.29, 0.717) is 18.2 Å². The van der Waals surface area contributed by atoms with Gasteiger partial charge in [-0.2, -0.15) is 5.10 Å². The Bertz CT molecular complexity index is 692. The summed E-state index contributed by atoms with van der Waals surface area (Å²) in [7, 11) is 1.78. The third kappa shape index (κ3) is 4.45. The van der Waals surface area contributed by atoms with E-state index >= 15 is 0 Å². The molecule has 0 spiro atoms. The molecule has 0 unspecified atom stereocenters. The molecule has 0 aliphatic carbocycles. The average molecular weight is 332 g/mol. The molecule has 0 fully saturated rings. The summed E-state index contributed by atoms with van der Waals surface area (Å²) in [6.45, 7) is 5.24. The predicted molar refractivity (Wildman–Crippen MR) is 94.4 cm³/mol. The van der Waals surface area contributed by atoms with E-state index in [0.717, 1.165) is 17.7 Å². The molecular formula is C18H22ClN3O. The first-order valence-electron chi connectivity index (χ1n) is 7.73. The maximum atomic E-state index is 12.4. The van der Waals surface area contributed by atoms with Crippen molar-refractivity contribution in [1.29, 1.82) is 0 Å². The van der Waals surface area contributed by atoms with E-state index in [1.807, 2.05) is 36.9 Å². The lowest BCUT2D eigenvalue weighted by Gasteiger charge is -2.19. The molecule has 2 aromatic rings. The number of hydrogen-bond donors (Lipinski definition) is 0. The van der Waals surface area contributed by atoms with E-state index in [-0.39, 0.29) is 5.91 Å². The average Bonchev–Trinajstić information content (AvgIpc) is 2.79. The van der Waals surface area contributed by atoms with Gasteiger partial charge in [0.15, 0.2) is 0 Å². The number of benzene rings is 1. The number of carbonyl (C=O) groups is 1. The van der Waals surface area contributed by atoms with E-state index in [4.69, 9.17) is 11.6 Å². The van der Waals surface area contributed by atoms with E-state index in [1.165, 1.54) is 5.56 Å². The summed E-state index contributed by atoms with van der Waals surface area (Å²) < 4.78 is 1.61. The standard InChI is InChI=1S/C18H22ClN3O/c1-4-22(13-12-15-8-6-5-7-9-15)17(23)11-10-16-14(2)20-21(3)18(16)19/h5-11H,4,12-13H2,1-3H3/b11-10+. The maximum Gasteiger partial charge on any atom is 0.246 e. The van der Waals surface area contributed by atoms with Crippen molar-refractivity contribution in [3.63, 3.8) is 0 Å². The summed E-state index contributed by atoms with van der Waals surface area (Å²) >= 11 is 6.18. The van der Waals surface area contributed by atoms with Gasteiger partial charge in [0, 0.05) is 31.8 Å². The second-order valence-electron chi connectivity index (χ2n) is 5.40. The molecule has 0 saturated heterocycles. The van der Waals surface area contributed by atoms with E-state index in [2.05, 4.69) is 17.2 Å². The first-order valence-corrected chi connectivity index (χ1v) is 8.10. The van der Waals surface area contributed by atoms with Gasteiger partial charge in [-0.25, -0.2) is 0 Å². The van der Waals surface area contributed by atoms with Crippen molar-refractivity contribution in [2.45, 2.75) is 20.3 Å². The fourth-order valence-electron chi connectivity index (χ4n) is 2.43. The molecular weight excluding hydrogens is 310 g/mol. The van der Waals surface area contributed by atoms with E-state index in [9.17, 15) is 4.79 Å². The summed E-state index contributed by atoms with van der Waals surface area (Å²) in [6, 6.07) is 10.2. The number of likely N-dealkylation sites (N-methyl/N-ethyl adjacent to an activating group) is 1. The van der Waals surface area contributed by atoms with Crippen molar-refractivity contribution >= 4 is 23.6 Å². The maximum absolute atomic E-state index is 12.4. The summed E-state index contributed by atoms with van der Waals surface area (Å²) in [5.41, 5.74) is 2.84. The van der Waals surface area contributed by atoms with Crippen LogP contribution in [0.25, 0.3) is 6.08 Å². The molecule has 1 amide bonds. The van der Waals surface area contributed by atoms with Crippen LogP contribution in [0.2, 0.25) is 5.15 Å². The summed E-state index contributed by atoms with van der Waals surface area (Å²) in [4.78, 5) is 14.2. The largest absolute Gasteiger partial charge is 0.339 e. The van der Waals surface area contributed by atoms with Crippen LogP contribution in [0.5, 0.6) is 0 Å². The van der Waals surface area contributed by atoms with Crippen LogP contribution in [0.4, 0.5) is 0 Å². The zero-order chi connectivity index (χ0) is 16.8. The molecule has 122 valence electrons. The first kappa shape index (κ1) is 17.3. The smallest absolute Gasteiger partial charge is 0.246 e. The van der Waals surface area contributed by atoms with Gasteiger partial charge in [0.05, 0.1) is 5.69 Å². The number of rotatable bonds is 6. The van der Waals surface area contributed by atoms with Gasteiger partial charge in [0.2, 0.25) is 5.91 Å². The van der Waals surface area contributed by atoms with Crippen molar-refractivity contribution in [1.82, 2.24) is 14.7 Å². The van der Waals surface area contributed by atoms with Crippen molar-refractivity contribution in [2.75, 3.05) is 13.1 Å². The van der Waals surface area contributed by atoms with Gasteiger partial charge in [-0.1, -0.05) is 41.9 Å². The van der Waals surface area contributed by atoms with Gasteiger partial charge in [-0.15, -0.1) is 0 Å². The highest BCUT2D eigenvalue weighted by atomic mass is 35.5. The van der Waals surface area contributed by atoms with E-state index in [1.54, 1.807) is 23.9 Å². The van der Waals surface area contributed by atoms with Crippen LogP contribution in [-0.4, -0.2) is 33.7 Å². The molecule has 23 heavy (non-hydrogen) atoms. The molecule has 0 atom stereocenters. The van der Waals surface area contributed by atoms with Crippen molar-refractivity contribution in [3.8, 4) is 0 Å². The van der Waals surface area contributed by atoms with Crippen LogP contribution in [0.1, 0.15) is 23.7 Å². The molecule has 0 radical (unpaired) electrons. The highest BCUT2D eigenvalue weighted by Crippen LogP contribution is 2.20. The van der Waals surface area contributed by atoms with E-state index < -0.39 is 0 Å². The lowest BCUT2D eigenvalue weighted by molar-refractivity contribution is -0.125. The Balaban J connectivity index is 2.01.